The molecule has 0 fully saturated rings. The monoisotopic (exact) mass is 716 g/mol. The first kappa shape index (κ1) is 28.6. The van der Waals surface area contributed by atoms with E-state index < -0.39 is 0 Å². The smallest absolute Gasteiger partial charge is 0.160 e. The van der Waals surface area contributed by atoms with Crippen molar-refractivity contribution in [2.24, 2.45) is 0 Å². The zero-order chi connectivity index (χ0) is 36.2. The molecule has 0 saturated heterocycles. The molecule has 0 amide bonds. The molecule has 0 N–H and O–H groups in total. The fourth-order valence-corrected chi connectivity index (χ4v) is 9.29. The van der Waals surface area contributed by atoms with Crippen LogP contribution >= 0.6 is 0 Å². The fraction of sp³-hybridized carbons (Fsp3) is 0. The van der Waals surface area contributed by atoms with Crippen molar-refractivity contribution in [3.05, 3.63) is 146 Å². The number of furan rings is 2. The van der Waals surface area contributed by atoms with E-state index in [4.69, 9.17) is 23.8 Å². The van der Waals surface area contributed by atoms with Crippen molar-refractivity contribution in [2.75, 3.05) is 0 Å². The van der Waals surface area contributed by atoms with Crippen molar-refractivity contribution in [1.29, 1.82) is 0 Å². The number of benzene rings is 6. The van der Waals surface area contributed by atoms with Crippen molar-refractivity contribution in [2.45, 2.75) is 0 Å². The molecule has 8 nitrogen and oxygen atoms in total. The summed E-state index contributed by atoms with van der Waals surface area (Å²) in [4.78, 5) is 20.0. The van der Waals surface area contributed by atoms with E-state index in [0.717, 1.165) is 132 Å². The SMILES string of the molecule is c1ccc2c(c1)nc1c3cnc(-c4ccc5nc6c7cnccc7c7cc8oc9ccccc9c8cc7n6c5c4)cc3c3ccc4c5ccccc5oc4c3n21. The maximum absolute atomic E-state index is 6.66. The highest BCUT2D eigenvalue weighted by Gasteiger charge is 2.21. The van der Waals surface area contributed by atoms with Gasteiger partial charge in [-0.15, -0.1) is 0 Å². The molecule has 0 spiro atoms. The second-order valence-corrected chi connectivity index (χ2v) is 14.7. The Kier molecular flexibility index (Phi) is 5.12. The summed E-state index contributed by atoms with van der Waals surface area (Å²) < 4.78 is 17.5. The van der Waals surface area contributed by atoms with Gasteiger partial charge in [0.15, 0.2) is 5.58 Å². The Morgan fingerprint density at radius 1 is 0.429 bits per heavy atom. The highest BCUT2D eigenvalue weighted by atomic mass is 16.3. The van der Waals surface area contributed by atoms with E-state index in [1.54, 1.807) is 0 Å². The summed E-state index contributed by atoms with van der Waals surface area (Å²) in [6.45, 7) is 0. The van der Waals surface area contributed by atoms with Gasteiger partial charge in [-0.1, -0.05) is 60.7 Å². The molecular weight excluding hydrogens is 693 g/mol. The third-order valence-electron chi connectivity index (χ3n) is 11.8. The fourth-order valence-electron chi connectivity index (χ4n) is 9.29. The number of aromatic nitrogens is 6. The minimum atomic E-state index is 0.845. The summed E-state index contributed by atoms with van der Waals surface area (Å²) in [6, 6.07) is 44.2. The number of imidazole rings is 2. The molecule has 56 heavy (non-hydrogen) atoms. The molecule has 0 saturated carbocycles. The lowest BCUT2D eigenvalue weighted by Gasteiger charge is -2.11. The van der Waals surface area contributed by atoms with Gasteiger partial charge in [0.1, 0.15) is 28.0 Å². The van der Waals surface area contributed by atoms with Gasteiger partial charge in [-0.25, -0.2) is 9.97 Å². The molecule has 14 aromatic rings. The third-order valence-corrected chi connectivity index (χ3v) is 11.8. The minimum Gasteiger partial charge on any atom is -0.456 e. The molecule has 8 aromatic heterocycles. The summed E-state index contributed by atoms with van der Waals surface area (Å²) in [5.41, 5.74) is 12.9. The Bertz CT molecular complexity index is 4070. The van der Waals surface area contributed by atoms with Gasteiger partial charge in [0.2, 0.25) is 0 Å². The van der Waals surface area contributed by atoms with Gasteiger partial charge in [-0.3, -0.25) is 18.8 Å². The van der Waals surface area contributed by atoms with Crippen LogP contribution in [-0.4, -0.2) is 28.7 Å². The molecule has 8 heterocycles. The number of fused-ring (bicyclic) bond motifs is 23. The Hall–Kier alpha value is -7.84. The molecular formula is C48H24N6O2. The predicted octanol–water partition coefficient (Wildman–Crippen LogP) is 12.2. The molecule has 258 valence electrons. The number of hydrogen-bond acceptors (Lipinski definition) is 6. The third kappa shape index (κ3) is 3.54. The average molecular weight is 717 g/mol. The van der Waals surface area contributed by atoms with E-state index >= 15 is 0 Å². The van der Waals surface area contributed by atoms with Gasteiger partial charge in [-0.2, -0.15) is 0 Å². The Morgan fingerprint density at radius 2 is 1.18 bits per heavy atom. The zero-order valence-corrected chi connectivity index (χ0v) is 29.4. The van der Waals surface area contributed by atoms with E-state index in [0.29, 0.717) is 0 Å². The molecule has 0 aliphatic heterocycles. The van der Waals surface area contributed by atoms with Crippen LogP contribution in [0.1, 0.15) is 0 Å². The van der Waals surface area contributed by atoms with Gasteiger partial charge < -0.3 is 8.83 Å². The van der Waals surface area contributed by atoms with Gasteiger partial charge in [0.05, 0.1) is 38.8 Å². The van der Waals surface area contributed by atoms with Gasteiger partial charge in [0.25, 0.3) is 0 Å². The minimum absolute atomic E-state index is 0.845. The van der Waals surface area contributed by atoms with Gasteiger partial charge >= 0.3 is 0 Å². The second kappa shape index (κ2) is 10.0. The first-order valence-electron chi connectivity index (χ1n) is 18.6. The molecule has 0 aliphatic carbocycles. The highest BCUT2D eigenvalue weighted by Crippen LogP contribution is 2.42. The molecule has 0 aliphatic rings. The number of rotatable bonds is 1. The predicted molar refractivity (Wildman–Crippen MR) is 225 cm³/mol. The summed E-state index contributed by atoms with van der Waals surface area (Å²) in [5, 5.41) is 10.6. The first-order valence-corrected chi connectivity index (χ1v) is 18.6. The topological polar surface area (TPSA) is 86.7 Å². The number of hydrogen-bond donors (Lipinski definition) is 0. The Morgan fingerprint density at radius 3 is 2.09 bits per heavy atom. The van der Waals surface area contributed by atoms with Crippen molar-refractivity contribution in [1.82, 2.24) is 28.7 Å². The summed E-state index contributed by atoms with van der Waals surface area (Å²) >= 11 is 0. The average Bonchev–Trinajstić information content (AvgIpc) is 4.03. The van der Waals surface area contributed by atoms with E-state index in [2.05, 4.69) is 111 Å². The van der Waals surface area contributed by atoms with Crippen LogP contribution in [0, 0.1) is 0 Å². The summed E-state index contributed by atoms with van der Waals surface area (Å²) in [7, 11) is 0. The number of nitrogens with zero attached hydrogens (tertiary/aromatic N) is 6. The first-order chi connectivity index (χ1) is 27.7. The standard InChI is InChI=1S/C48H24N6O2/c1-6-12-43-27(7-1)30-15-14-29-31-20-38(50-24-35(31)48-51-36-9-3-4-10-39(36)54(48)45(29)46(30)56-43)25-13-16-37-41(19-25)53-40-21-33-28-8-2-5-11-42(28)55-44(33)22-32(40)26-17-18-49-23-34(26)47(53)52-37/h1-24H. The van der Waals surface area contributed by atoms with Crippen LogP contribution in [0.3, 0.4) is 0 Å². The zero-order valence-electron chi connectivity index (χ0n) is 29.4. The molecule has 6 aromatic carbocycles. The van der Waals surface area contributed by atoms with E-state index in [-0.39, 0.29) is 0 Å². The molecule has 8 heteroatoms. The van der Waals surface area contributed by atoms with E-state index in [1.165, 1.54) is 0 Å². The highest BCUT2D eigenvalue weighted by molar-refractivity contribution is 6.23. The van der Waals surface area contributed by atoms with Crippen LogP contribution in [0.4, 0.5) is 0 Å². The van der Waals surface area contributed by atoms with Crippen LogP contribution in [0.2, 0.25) is 0 Å². The maximum atomic E-state index is 6.66. The van der Waals surface area contributed by atoms with Crippen LogP contribution < -0.4 is 0 Å². The van der Waals surface area contributed by atoms with Crippen molar-refractivity contribution >= 4 is 121 Å². The lowest BCUT2D eigenvalue weighted by atomic mass is 10.0. The quantitative estimate of drug-likeness (QED) is 0.157. The van der Waals surface area contributed by atoms with Crippen molar-refractivity contribution < 1.29 is 8.83 Å². The van der Waals surface area contributed by atoms with E-state index in [1.807, 2.05) is 48.9 Å². The van der Waals surface area contributed by atoms with Crippen LogP contribution in [0.15, 0.2) is 155 Å². The van der Waals surface area contributed by atoms with Crippen molar-refractivity contribution in [3.63, 3.8) is 0 Å². The van der Waals surface area contributed by atoms with Gasteiger partial charge in [0, 0.05) is 67.2 Å². The molecule has 0 bridgehead atoms. The number of pyridine rings is 4. The molecule has 14 rings (SSSR count). The normalized spacial score (nSPS) is 12.6. The Labute approximate surface area is 314 Å². The summed E-state index contributed by atoms with van der Waals surface area (Å²) in [6.07, 6.45) is 5.73. The van der Waals surface area contributed by atoms with E-state index in [9.17, 15) is 0 Å². The molecule has 0 radical (unpaired) electrons. The largest absolute Gasteiger partial charge is 0.456 e. The molecule has 0 atom stereocenters. The van der Waals surface area contributed by atoms with Crippen LogP contribution in [-0.2, 0) is 0 Å². The maximum Gasteiger partial charge on any atom is 0.160 e. The second-order valence-electron chi connectivity index (χ2n) is 14.7. The Balaban J connectivity index is 1.08. The van der Waals surface area contributed by atoms with Crippen molar-refractivity contribution in [3.8, 4) is 11.3 Å². The summed E-state index contributed by atoms with van der Waals surface area (Å²) in [5.74, 6) is 0. The molecule has 0 unspecified atom stereocenters. The van der Waals surface area contributed by atoms with Crippen LogP contribution in [0.25, 0.3) is 132 Å². The lowest BCUT2D eigenvalue weighted by molar-refractivity contribution is 0.669. The lowest BCUT2D eigenvalue weighted by Crippen LogP contribution is -1.94. The number of para-hydroxylation sites is 4. The van der Waals surface area contributed by atoms with Gasteiger partial charge in [-0.05, 0) is 77.5 Å². The van der Waals surface area contributed by atoms with Crippen LogP contribution in [0.5, 0.6) is 0 Å².